The number of hydrogen-bond donors (Lipinski definition) is 3. The number of ether oxygens (including phenoxy) is 2. The van der Waals surface area contributed by atoms with Crippen LogP contribution < -0.4 is 21.3 Å². The summed E-state index contributed by atoms with van der Waals surface area (Å²) in [5.41, 5.74) is 7.43. The van der Waals surface area contributed by atoms with Crippen molar-refractivity contribution in [3.05, 3.63) is 134 Å². The molecule has 8 heterocycles. The minimum absolute atomic E-state index is 0.144. The zero-order valence-electron chi connectivity index (χ0n) is 45.1. The van der Waals surface area contributed by atoms with E-state index in [0.29, 0.717) is 42.5 Å². The molecule has 77 heavy (non-hydrogen) atoms. The van der Waals surface area contributed by atoms with Gasteiger partial charge in [0.05, 0.1) is 19.4 Å². The van der Waals surface area contributed by atoms with Gasteiger partial charge in [0, 0.05) is 75.3 Å². The summed E-state index contributed by atoms with van der Waals surface area (Å²) in [5.74, 6) is -1.85. The van der Waals surface area contributed by atoms with Crippen LogP contribution in [0, 0.1) is 11.8 Å². The average molecular weight is 1050 g/mol. The van der Waals surface area contributed by atoms with Crippen LogP contribution in [-0.4, -0.2) is 143 Å². The van der Waals surface area contributed by atoms with Crippen LogP contribution in [0.5, 0.6) is 5.75 Å². The maximum Gasteiger partial charge on any atom is 0.332 e. The molecule has 404 valence electrons. The number of H-pyrrole nitrogens is 1. The van der Waals surface area contributed by atoms with Gasteiger partial charge in [-0.25, -0.2) is 9.78 Å². The second-order valence-corrected chi connectivity index (χ2v) is 23.1. The summed E-state index contributed by atoms with van der Waals surface area (Å²) in [6.07, 6.45) is 16.1. The number of aryl methyl sites for hydroxylation is 2. The molecule has 3 aromatic heterocycles. The monoisotopic (exact) mass is 1050 g/mol. The number of piperidine rings is 1. The number of nitrogens with zero attached hydrogens (tertiary/aromatic N) is 8. The summed E-state index contributed by atoms with van der Waals surface area (Å²) in [7, 11) is 10.9. The molecule has 0 unspecified atom stereocenters. The Labute approximate surface area is 447 Å². The highest BCUT2D eigenvalue weighted by Gasteiger charge is 2.70. The summed E-state index contributed by atoms with van der Waals surface area (Å²) < 4.78 is 15.8. The van der Waals surface area contributed by atoms with Gasteiger partial charge in [-0.2, -0.15) is 0 Å². The molecule has 3 N–H and O–H groups in total. The number of aromatic nitrogens is 5. The van der Waals surface area contributed by atoms with Crippen LogP contribution in [0.4, 0.5) is 0 Å². The SMILES string of the molecule is CN1C[C@H](C(=O)N[C@]2(C)O[C@@]3(O)[C@@H]4CCCN4C(=O)[C@H](Cc4ccccc4)N3C2=O)C=C2c3cccc4[nH]cc(c34)C[C@H]21.COc1ccc2c(c1)[C@]13CCCC[C@@H]1[C@H](C2)N(C)CC3.Cn1c(=O)c2c(ncn2C)n(C)c1=O. The van der Waals surface area contributed by atoms with E-state index in [-0.39, 0.29) is 35.5 Å². The highest BCUT2D eigenvalue weighted by atomic mass is 16.7. The predicted octanol–water partition coefficient (Wildman–Crippen LogP) is 4.34. The lowest BCUT2D eigenvalue weighted by Crippen LogP contribution is -2.71. The van der Waals surface area contributed by atoms with E-state index in [4.69, 9.17) is 9.47 Å². The summed E-state index contributed by atoms with van der Waals surface area (Å²) in [5, 5.41) is 16.1. The van der Waals surface area contributed by atoms with Crippen molar-refractivity contribution in [1.82, 2.24) is 48.6 Å². The number of carbonyl (C=O) groups excluding carboxylic acids is 3. The summed E-state index contributed by atoms with van der Waals surface area (Å²) in [6.45, 7) is 3.71. The van der Waals surface area contributed by atoms with Crippen LogP contribution in [0.2, 0.25) is 0 Å². The zero-order valence-corrected chi connectivity index (χ0v) is 45.1. The number of methoxy groups -OCH3 is 1. The Morgan fingerprint density at radius 2 is 1.70 bits per heavy atom. The number of carbonyl (C=O) groups is 3. The van der Waals surface area contributed by atoms with Crippen LogP contribution in [0.15, 0.2) is 94.9 Å². The summed E-state index contributed by atoms with van der Waals surface area (Å²) in [6, 6.07) is 21.7. The molecule has 6 aromatic rings. The van der Waals surface area contributed by atoms with E-state index < -0.39 is 35.5 Å². The standard InChI is InChI=1S/C33H35N5O5.C18H25NO.C8H10N4O2/c1-32(35-29(39)21-15-23-22-10-6-11-24-28(22)20(17-34-24)16-25(23)36(2)18-21)31(41)38-26(14-19-8-4-3-5-9-19)30(40)37-13-7-12-27(37)33(38,42)43-32;1-19-10-9-18-8-4-3-5-15(18)17(19)11-13-6-7-14(20-2)12-16(13)18;1-10-4-9-6-5(10)7(13)12(3)8(14)11(6)2/h3-6,8-11,15,17,21,25-27,34,42H,7,12-14,16,18H2,1-2H3,(H,35,39);6-7,12,15,17H,3-5,8-11H2,1-2H3;4H,1-3H3/t21-,25-,26+,27+,32-,33+;15-,17+,18+;/m11./s1. The van der Waals surface area contributed by atoms with Gasteiger partial charge in [0.1, 0.15) is 17.8 Å². The van der Waals surface area contributed by atoms with Gasteiger partial charge in [0.15, 0.2) is 11.2 Å². The van der Waals surface area contributed by atoms with Crippen molar-refractivity contribution in [2.45, 2.75) is 112 Å². The predicted molar refractivity (Wildman–Crippen MR) is 291 cm³/mol. The smallest absolute Gasteiger partial charge is 0.332 e. The number of amides is 3. The van der Waals surface area contributed by atoms with E-state index in [1.165, 1.54) is 85.8 Å². The van der Waals surface area contributed by atoms with E-state index in [2.05, 4.69) is 68.7 Å². The molecule has 5 fully saturated rings. The number of aliphatic hydroxyl groups is 1. The Hall–Kier alpha value is -6.86. The number of rotatable bonds is 5. The molecule has 2 bridgehead atoms. The quantitative estimate of drug-likeness (QED) is 0.223. The maximum atomic E-state index is 14.2. The van der Waals surface area contributed by atoms with Crippen molar-refractivity contribution in [1.29, 1.82) is 0 Å². The number of imidazole rings is 1. The van der Waals surface area contributed by atoms with E-state index in [1.807, 2.05) is 49.5 Å². The molecule has 4 saturated heterocycles. The summed E-state index contributed by atoms with van der Waals surface area (Å²) in [4.78, 5) is 80.0. The second-order valence-electron chi connectivity index (χ2n) is 23.1. The number of fused-ring (bicyclic) bond motifs is 7. The molecule has 0 spiro atoms. The van der Waals surface area contributed by atoms with Gasteiger partial charge in [0.2, 0.25) is 17.5 Å². The number of likely N-dealkylation sites (tertiary alicyclic amines) is 1. The second kappa shape index (κ2) is 19.0. The minimum atomic E-state index is -2.04. The minimum Gasteiger partial charge on any atom is -0.497 e. The number of nitrogens with one attached hydrogen (secondary N) is 2. The van der Waals surface area contributed by atoms with Gasteiger partial charge in [-0.15, -0.1) is 0 Å². The molecule has 3 amide bonds. The van der Waals surface area contributed by atoms with Crippen LogP contribution in [0.3, 0.4) is 0 Å². The Balaban J connectivity index is 0.000000143. The third-order valence-electron chi connectivity index (χ3n) is 18.8. The highest BCUT2D eigenvalue weighted by Crippen LogP contribution is 2.56. The van der Waals surface area contributed by atoms with Crippen molar-refractivity contribution >= 4 is 45.4 Å². The molecule has 8 aliphatic rings. The van der Waals surface area contributed by atoms with Crippen molar-refractivity contribution < 1.29 is 29.0 Å². The fourth-order valence-corrected chi connectivity index (χ4v) is 14.9. The number of benzene rings is 3. The molecular weight excluding hydrogens is 977 g/mol. The third kappa shape index (κ3) is 8.02. The molecule has 18 heteroatoms. The van der Waals surface area contributed by atoms with E-state index in [1.54, 1.807) is 41.8 Å². The fourth-order valence-electron chi connectivity index (χ4n) is 14.9. The molecule has 5 aliphatic heterocycles. The topological polar surface area (TPSA) is 192 Å². The van der Waals surface area contributed by atoms with Crippen LogP contribution in [-0.2, 0) is 64.9 Å². The van der Waals surface area contributed by atoms with Gasteiger partial charge < -0.3 is 34.5 Å². The first-order valence-electron chi connectivity index (χ1n) is 27.3. The number of aromatic amines is 1. The Kier molecular flexibility index (Phi) is 12.5. The Bertz CT molecular complexity index is 3510. The van der Waals surface area contributed by atoms with Gasteiger partial charge >= 0.3 is 5.69 Å². The van der Waals surface area contributed by atoms with Crippen LogP contribution in [0.1, 0.15) is 79.7 Å². The maximum absolute atomic E-state index is 14.2. The van der Waals surface area contributed by atoms with Gasteiger partial charge in [0.25, 0.3) is 17.4 Å². The summed E-state index contributed by atoms with van der Waals surface area (Å²) >= 11 is 0. The van der Waals surface area contributed by atoms with Crippen molar-refractivity contribution in [2.75, 3.05) is 40.8 Å². The molecule has 9 atom stereocenters. The van der Waals surface area contributed by atoms with Crippen molar-refractivity contribution in [3.8, 4) is 5.75 Å². The molecule has 1 saturated carbocycles. The lowest BCUT2D eigenvalue weighted by atomic mass is 9.52. The molecule has 3 aliphatic carbocycles. The average Bonchev–Trinajstić information content (AvgIpc) is 4.31. The van der Waals surface area contributed by atoms with Crippen LogP contribution >= 0.6 is 0 Å². The molecule has 14 rings (SSSR count). The van der Waals surface area contributed by atoms with Gasteiger partial charge in [-0.05, 0) is 130 Å². The zero-order chi connectivity index (χ0) is 53.9. The molecular formula is C59H70N10O8. The lowest BCUT2D eigenvalue weighted by Gasteiger charge is -2.58. The van der Waals surface area contributed by atoms with E-state index in [9.17, 15) is 29.1 Å². The Morgan fingerprint density at radius 1 is 0.896 bits per heavy atom. The first kappa shape index (κ1) is 50.9. The largest absolute Gasteiger partial charge is 0.497 e. The molecule has 0 radical (unpaired) electrons. The van der Waals surface area contributed by atoms with E-state index in [0.717, 1.165) is 50.9 Å². The normalized spacial score (nSPS) is 30.0. The highest BCUT2D eigenvalue weighted by molar-refractivity contribution is 6.01. The fraction of sp³-hybridized carbons (Fsp3) is 0.492. The van der Waals surface area contributed by atoms with Crippen molar-refractivity contribution in [2.24, 2.45) is 33.0 Å². The van der Waals surface area contributed by atoms with Gasteiger partial charge in [-0.1, -0.05) is 67.4 Å². The number of likely N-dealkylation sites (N-methyl/N-ethyl adjacent to an activating group) is 2. The van der Waals surface area contributed by atoms with Crippen LogP contribution in [0.25, 0.3) is 27.6 Å². The first-order valence-corrected chi connectivity index (χ1v) is 27.3. The number of hydrogen-bond acceptors (Lipinski definition) is 11. The van der Waals surface area contributed by atoms with E-state index >= 15 is 0 Å². The Morgan fingerprint density at radius 3 is 2.49 bits per heavy atom. The lowest BCUT2D eigenvalue weighted by molar-refractivity contribution is -0.315. The van der Waals surface area contributed by atoms with Gasteiger partial charge in [-0.3, -0.25) is 42.8 Å². The van der Waals surface area contributed by atoms with Crippen molar-refractivity contribution in [3.63, 3.8) is 0 Å². The molecule has 3 aromatic carbocycles. The molecule has 18 nitrogen and oxygen atoms in total. The number of piperazine rings is 1. The third-order valence-corrected chi connectivity index (χ3v) is 18.8. The first-order chi connectivity index (χ1) is 37.0.